The van der Waals surface area contributed by atoms with Crippen LogP contribution in [0.15, 0.2) is 65.7 Å². The first-order valence-electron chi connectivity index (χ1n) is 11.1. The van der Waals surface area contributed by atoms with Gasteiger partial charge in [-0.1, -0.05) is 6.07 Å². The minimum atomic E-state index is -0.462. The maximum absolute atomic E-state index is 13.2. The SMILES string of the molecule is COc1cccc(Oc2nccn3c(=O)n(CC(=O)N4CCN(c5ccc(F)cc5)CC4)nc23)c1. The molecule has 180 valence electrons. The van der Waals surface area contributed by atoms with E-state index in [-0.39, 0.29) is 29.8 Å². The highest BCUT2D eigenvalue weighted by atomic mass is 19.1. The highest BCUT2D eigenvalue weighted by Crippen LogP contribution is 2.25. The number of carbonyl (C=O) groups excluding carboxylic acids is 1. The number of nitrogens with zero attached hydrogens (tertiary/aromatic N) is 6. The Labute approximate surface area is 199 Å². The number of anilines is 1. The van der Waals surface area contributed by atoms with E-state index in [0.29, 0.717) is 37.7 Å². The molecule has 0 atom stereocenters. The molecule has 0 unspecified atom stereocenters. The van der Waals surface area contributed by atoms with E-state index in [1.54, 1.807) is 48.4 Å². The standard InChI is InChI=1S/C24H23FN6O4/c1-34-19-3-2-4-20(15-19)35-23-22-27-31(24(33)30(22)10-9-26-23)16-21(32)29-13-11-28(12-14-29)18-7-5-17(25)6-8-18/h2-10,15H,11-14,16H2,1H3. The predicted octanol–water partition coefficient (Wildman–Crippen LogP) is 2.18. The average molecular weight is 478 g/mol. The third-order valence-electron chi connectivity index (χ3n) is 5.83. The number of carbonyl (C=O) groups is 1. The lowest BCUT2D eigenvalue weighted by molar-refractivity contribution is -0.132. The van der Waals surface area contributed by atoms with Gasteiger partial charge in [-0.3, -0.25) is 4.79 Å². The maximum atomic E-state index is 13.2. The van der Waals surface area contributed by atoms with Crippen molar-refractivity contribution < 1.29 is 18.7 Å². The summed E-state index contributed by atoms with van der Waals surface area (Å²) < 4.78 is 26.6. The van der Waals surface area contributed by atoms with Gasteiger partial charge in [-0.15, -0.1) is 5.10 Å². The lowest BCUT2D eigenvalue weighted by atomic mass is 10.2. The second-order valence-corrected chi connectivity index (χ2v) is 7.99. The van der Waals surface area contributed by atoms with Gasteiger partial charge in [0, 0.05) is 50.3 Å². The molecule has 2 aromatic carbocycles. The van der Waals surface area contributed by atoms with Crippen LogP contribution in [0.4, 0.5) is 10.1 Å². The molecule has 0 spiro atoms. The molecule has 2 aromatic heterocycles. The molecular formula is C24H23FN6O4. The van der Waals surface area contributed by atoms with Gasteiger partial charge in [-0.25, -0.2) is 23.3 Å². The summed E-state index contributed by atoms with van der Waals surface area (Å²) in [5.74, 6) is 0.728. The number of aromatic nitrogens is 4. The van der Waals surface area contributed by atoms with Crippen molar-refractivity contribution in [3.05, 3.63) is 77.2 Å². The average Bonchev–Trinajstić information content (AvgIpc) is 3.20. The second kappa shape index (κ2) is 9.45. The minimum absolute atomic E-state index is 0.136. The summed E-state index contributed by atoms with van der Waals surface area (Å²) in [5.41, 5.74) is 0.650. The first-order chi connectivity index (χ1) is 17.0. The van der Waals surface area contributed by atoms with E-state index in [9.17, 15) is 14.0 Å². The summed E-state index contributed by atoms with van der Waals surface area (Å²) in [6.45, 7) is 2.00. The molecule has 35 heavy (non-hydrogen) atoms. The van der Waals surface area contributed by atoms with Crippen LogP contribution in [0.1, 0.15) is 0 Å². The van der Waals surface area contributed by atoms with Crippen LogP contribution >= 0.6 is 0 Å². The Bertz CT molecular complexity index is 1410. The number of halogens is 1. The van der Waals surface area contributed by atoms with Crippen LogP contribution in [-0.2, 0) is 11.3 Å². The van der Waals surface area contributed by atoms with Crippen LogP contribution in [0.5, 0.6) is 17.4 Å². The normalized spacial score (nSPS) is 13.8. The van der Waals surface area contributed by atoms with Crippen LogP contribution in [0, 0.1) is 5.82 Å². The Morgan fingerprint density at radius 3 is 2.54 bits per heavy atom. The maximum Gasteiger partial charge on any atom is 0.351 e. The number of hydrogen-bond acceptors (Lipinski definition) is 7. The lowest BCUT2D eigenvalue weighted by Gasteiger charge is -2.36. The van der Waals surface area contributed by atoms with Gasteiger partial charge in [0.1, 0.15) is 23.9 Å². The summed E-state index contributed by atoms with van der Waals surface area (Å²) >= 11 is 0. The van der Waals surface area contributed by atoms with Gasteiger partial charge in [-0.05, 0) is 36.4 Å². The van der Waals surface area contributed by atoms with E-state index in [0.717, 1.165) is 10.4 Å². The minimum Gasteiger partial charge on any atom is -0.497 e. The molecule has 0 aliphatic carbocycles. The molecule has 3 heterocycles. The van der Waals surface area contributed by atoms with Crippen molar-refractivity contribution in [1.82, 2.24) is 24.1 Å². The third kappa shape index (κ3) is 4.65. The first-order valence-corrected chi connectivity index (χ1v) is 11.1. The van der Waals surface area contributed by atoms with Crippen molar-refractivity contribution >= 4 is 17.2 Å². The zero-order valence-electron chi connectivity index (χ0n) is 19.0. The number of benzene rings is 2. The molecule has 1 saturated heterocycles. The van der Waals surface area contributed by atoms with Gasteiger partial charge in [0.05, 0.1) is 7.11 Å². The van der Waals surface area contributed by atoms with Crippen molar-refractivity contribution in [3.63, 3.8) is 0 Å². The fourth-order valence-corrected chi connectivity index (χ4v) is 3.97. The van der Waals surface area contributed by atoms with E-state index in [4.69, 9.17) is 9.47 Å². The Morgan fingerprint density at radius 2 is 1.80 bits per heavy atom. The van der Waals surface area contributed by atoms with Crippen LogP contribution < -0.4 is 20.1 Å². The molecule has 0 N–H and O–H groups in total. The zero-order chi connectivity index (χ0) is 24.4. The number of methoxy groups -OCH3 is 1. The molecule has 0 bridgehead atoms. The molecule has 10 nitrogen and oxygen atoms in total. The smallest absolute Gasteiger partial charge is 0.351 e. The summed E-state index contributed by atoms with van der Waals surface area (Å²) in [4.78, 5) is 33.8. The van der Waals surface area contributed by atoms with Gasteiger partial charge in [-0.2, -0.15) is 0 Å². The quantitative estimate of drug-likeness (QED) is 0.419. The molecule has 11 heteroatoms. The van der Waals surface area contributed by atoms with Gasteiger partial charge in [0.25, 0.3) is 5.88 Å². The Balaban J connectivity index is 1.29. The largest absolute Gasteiger partial charge is 0.497 e. The van der Waals surface area contributed by atoms with Crippen molar-refractivity contribution in [3.8, 4) is 17.4 Å². The van der Waals surface area contributed by atoms with Gasteiger partial charge in [0.2, 0.25) is 11.6 Å². The van der Waals surface area contributed by atoms with Crippen LogP contribution in [0.3, 0.4) is 0 Å². The van der Waals surface area contributed by atoms with E-state index in [1.165, 1.54) is 28.9 Å². The summed E-state index contributed by atoms with van der Waals surface area (Å²) in [6, 6.07) is 13.3. The molecular weight excluding hydrogens is 455 g/mol. The fraction of sp³-hybridized carbons (Fsp3) is 0.250. The number of rotatable bonds is 6. The number of fused-ring (bicyclic) bond motifs is 1. The fourth-order valence-electron chi connectivity index (χ4n) is 3.97. The molecule has 1 fully saturated rings. The molecule has 1 aliphatic rings. The molecule has 4 aromatic rings. The first kappa shape index (κ1) is 22.4. The molecule has 1 amide bonds. The zero-order valence-corrected chi connectivity index (χ0v) is 19.0. The molecule has 1 aliphatic heterocycles. The molecule has 5 rings (SSSR count). The molecule has 0 radical (unpaired) electrons. The lowest BCUT2D eigenvalue weighted by Crippen LogP contribution is -2.50. The van der Waals surface area contributed by atoms with Gasteiger partial charge in [0.15, 0.2) is 0 Å². The Morgan fingerprint density at radius 1 is 1.06 bits per heavy atom. The van der Waals surface area contributed by atoms with E-state index < -0.39 is 5.69 Å². The van der Waals surface area contributed by atoms with E-state index in [1.807, 2.05) is 0 Å². The van der Waals surface area contributed by atoms with E-state index >= 15 is 0 Å². The van der Waals surface area contributed by atoms with Crippen molar-refractivity contribution in [2.75, 3.05) is 38.2 Å². The predicted molar refractivity (Wildman–Crippen MR) is 126 cm³/mol. The van der Waals surface area contributed by atoms with Crippen molar-refractivity contribution in [2.45, 2.75) is 6.54 Å². The van der Waals surface area contributed by atoms with Crippen LogP contribution in [-0.4, -0.2) is 63.3 Å². The van der Waals surface area contributed by atoms with E-state index in [2.05, 4.69) is 15.0 Å². The van der Waals surface area contributed by atoms with Crippen LogP contribution in [0.2, 0.25) is 0 Å². The summed E-state index contributed by atoms with van der Waals surface area (Å²) in [6.07, 6.45) is 2.91. The van der Waals surface area contributed by atoms with Crippen molar-refractivity contribution in [2.24, 2.45) is 0 Å². The number of amides is 1. The van der Waals surface area contributed by atoms with Crippen LogP contribution in [0.25, 0.3) is 5.65 Å². The second-order valence-electron chi connectivity index (χ2n) is 7.99. The number of ether oxygens (including phenoxy) is 2. The highest BCUT2D eigenvalue weighted by molar-refractivity contribution is 5.76. The summed E-state index contributed by atoms with van der Waals surface area (Å²) in [7, 11) is 1.55. The summed E-state index contributed by atoms with van der Waals surface area (Å²) in [5, 5.41) is 4.31. The Hall–Kier alpha value is -4.41. The number of piperazine rings is 1. The number of hydrogen-bond donors (Lipinski definition) is 0. The third-order valence-corrected chi connectivity index (χ3v) is 5.83. The highest BCUT2D eigenvalue weighted by Gasteiger charge is 2.23. The van der Waals surface area contributed by atoms with Gasteiger partial charge >= 0.3 is 5.69 Å². The monoisotopic (exact) mass is 478 g/mol. The van der Waals surface area contributed by atoms with Gasteiger partial charge < -0.3 is 19.3 Å². The topological polar surface area (TPSA) is 94.2 Å². The van der Waals surface area contributed by atoms with Crippen molar-refractivity contribution in [1.29, 1.82) is 0 Å². The Kier molecular flexibility index (Phi) is 6.04. The molecule has 0 saturated carbocycles.